The number of rotatable bonds is 4. The van der Waals surface area contributed by atoms with Crippen molar-refractivity contribution >= 4 is 11.9 Å². The molecule has 0 bridgehead atoms. The average Bonchev–Trinajstić information content (AvgIpc) is 2.53. The van der Waals surface area contributed by atoms with Gasteiger partial charge in [0.15, 0.2) is 0 Å². The number of methoxy groups -OCH3 is 1. The van der Waals surface area contributed by atoms with Crippen molar-refractivity contribution in [2.24, 2.45) is 11.7 Å². The monoisotopic (exact) mass is 291 g/mol. The number of likely N-dealkylation sites (tertiary alicyclic amines) is 1. The minimum absolute atomic E-state index is 0.163. The predicted molar refractivity (Wildman–Crippen MR) is 78.7 cm³/mol. The third kappa shape index (κ3) is 4.11. The highest BCUT2D eigenvalue weighted by molar-refractivity contribution is 5.79. The number of ether oxygens (including phenoxy) is 1. The highest BCUT2D eigenvalue weighted by atomic mass is 16.5. The summed E-state index contributed by atoms with van der Waals surface area (Å²) in [5.74, 6) is 0.190. The smallest absolute Gasteiger partial charge is 0.317 e. The molecule has 1 unspecified atom stereocenters. The molecule has 3 N–H and O–H groups in total. The van der Waals surface area contributed by atoms with Gasteiger partial charge in [0.05, 0.1) is 13.0 Å². The predicted octanol–water partition coefficient (Wildman–Crippen LogP) is 1.10. The van der Waals surface area contributed by atoms with Gasteiger partial charge < -0.3 is 20.7 Å². The van der Waals surface area contributed by atoms with Crippen LogP contribution in [0.4, 0.5) is 4.79 Å². The van der Waals surface area contributed by atoms with Crippen molar-refractivity contribution in [3.63, 3.8) is 0 Å². The first-order valence-corrected chi connectivity index (χ1v) is 7.05. The molecule has 6 nitrogen and oxygen atoms in total. The van der Waals surface area contributed by atoms with Crippen LogP contribution in [0.5, 0.6) is 5.75 Å². The minimum atomic E-state index is -0.333. The number of hydrogen-bond acceptors (Lipinski definition) is 3. The van der Waals surface area contributed by atoms with Gasteiger partial charge in [-0.05, 0) is 30.5 Å². The summed E-state index contributed by atoms with van der Waals surface area (Å²) in [4.78, 5) is 25.0. The molecule has 114 valence electrons. The van der Waals surface area contributed by atoms with E-state index in [1.807, 2.05) is 24.3 Å². The molecule has 1 aliphatic rings. The topological polar surface area (TPSA) is 84.7 Å². The van der Waals surface area contributed by atoms with Crippen molar-refractivity contribution in [3.8, 4) is 5.75 Å². The number of nitrogens with one attached hydrogen (secondary N) is 1. The maximum Gasteiger partial charge on any atom is 0.317 e. The number of carbonyl (C=O) groups excluding carboxylic acids is 2. The number of nitrogens with two attached hydrogens (primary N) is 1. The van der Waals surface area contributed by atoms with Gasteiger partial charge in [-0.15, -0.1) is 0 Å². The molecule has 0 aromatic heterocycles. The molecule has 1 aromatic carbocycles. The van der Waals surface area contributed by atoms with Gasteiger partial charge in [-0.2, -0.15) is 0 Å². The van der Waals surface area contributed by atoms with Crippen LogP contribution in [0, 0.1) is 5.92 Å². The Balaban J connectivity index is 1.87. The number of nitrogens with zero attached hydrogens (tertiary/aromatic N) is 1. The van der Waals surface area contributed by atoms with E-state index in [0.717, 1.165) is 24.2 Å². The van der Waals surface area contributed by atoms with E-state index in [1.54, 1.807) is 12.0 Å². The van der Waals surface area contributed by atoms with Crippen molar-refractivity contribution in [2.75, 3.05) is 20.2 Å². The van der Waals surface area contributed by atoms with E-state index in [1.165, 1.54) is 0 Å². The van der Waals surface area contributed by atoms with Gasteiger partial charge in [0, 0.05) is 19.6 Å². The normalized spacial score (nSPS) is 18.1. The lowest BCUT2D eigenvalue weighted by Gasteiger charge is -2.31. The number of carbonyl (C=O) groups is 2. The standard InChI is InChI=1S/C15H21N3O3/c1-21-13-6-2-4-11(8-13)9-17-15(20)18-7-3-5-12(10-18)14(16)19/h2,4,6,8,12H,3,5,7,9-10H2,1H3,(H2,16,19)(H,17,20). The lowest BCUT2D eigenvalue weighted by atomic mass is 9.98. The quantitative estimate of drug-likeness (QED) is 0.871. The van der Waals surface area contributed by atoms with Crippen molar-refractivity contribution in [3.05, 3.63) is 29.8 Å². The molecule has 0 saturated carbocycles. The van der Waals surface area contributed by atoms with Crippen molar-refractivity contribution in [2.45, 2.75) is 19.4 Å². The molecule has 1 aromatic rings. The summed E-state index contributed by atoms with van der Waals surface area (Å²) >= 11 is 0. The Morgan fingerprint density at radius 2 is 2.29 bits per heavy atom. The van der Waals surface area contributed by atoms with Gasteiger partial charge in [-0.1, -0.05) is 12.1 Å². The molecule has 1 aliphatic heterocycles. The van der Waals surface area contributed by atoms with Gasteiger partial charge in [0.25, 0.3) is 0 Å². The molecule has 1 saturated heterocycles. The maximum atomic E-state index is 12.1. The van der Waals surface area contributed by atoms with E-state index in [9.17, 15) is 9.59 Å². The van der Waals surface area contributed by atoms with Crippen LogP contribution in [0.15, 0.2) is 24.3 Å². The summed E-state index contributed by atoms with van der Waals surface area (Å²) < 4.78 is 5.14. The molecular weight excluding hydrogens is 270 g/mol. The van der Waals surface area contributed by atoms with E-state index in [-0.39, 0.29) is 17.9 Å². The maximum absolute atomic E-state index is 12.1. The van der Waals surface area contributed by atoms with Crippen LogP contribution >= 0.6 is 0 Å². The molecule has 1 heterocycles. The molecule has 0 radical (unpaired) electrons. The summed E-state index contributed by atoms with van der Waals surface area (Å²) in [6.07, 6.45) is 1.56. The van der Waals surface area contributed by atoms with E-state index in [2.05, 4.69) is 5.32 Å². The molecule has 3 amide bonds. The lowest BCUT2D eigenvalue weighted by Crippen LogP contribution is -2.47. The number of hydrogen-bond donors (Lipinski definition) is 2. The Bertz CT molecular complexity index is 519. The van der Waals surface area contributed by atoms with E-state index >= 15 is 0 Å². The summed E-state index contributed by atoms with van der Waals surface area (Å²) in [6.45, 7) is 1.49. The van der Waals surface area contributed by atoms with Crippen LogP contribution in [0.1, 0.15) is 18.4 Å². The second-order valence-electron chi connectivity index (χ2n) is 5.20. The molecule has 2 rings (SSSR count). The number of amides is 3. The average molecular weight is 291 g/mol. The van der Waals surface area contributed by atoms with Crippen LogP contribution in [0.25, 0.3) is 0 Å². The number of piperidine rings is 1. The Labute approximate surface area is 124 Å². The van der Waals surface area contributed by atoms with Gasteiger partial charge in [-0.25, -0.2) is 4.79 Å². The van der Waals surface area contributed by atoms with Crippen molar-refractivity contribution < 1.29 is 14.3 Å². The zero-order valence-corrected chi connectivity index (χ0v) is 12.2. The van der Waals surface area contributed by atoms with E-state index in [4.69, 9.17) is 10.5 Å². The second kappa shape index (κ2) is 6.97. The number of urea groups is 1. The Morgan fingerprint density at radius 1 is 1.48 bits per heavy atom. The fourth-order valence-corrected chi connectivity index (χ4v) is 2.47. The third-order valence-corrected chi connectivity index (χ3v) is 3.69. The lowest BCUT2D eigenvalue weighted by molar-refractivity contribution is -0.123. The highest BCUT2D eigenvalue weighted by Gasteiger charge is 2.26. The zero-order valence-electron chi connectivity index (χ0n) is 12.2. The molecular formula is C15H21N3O3. The van der Waals surface area contributed by atoms with E-state index < -0.39 is 0 Å². The molecule has 21 heavy (non-hydrogen) atoms. The first-order valence-electron chi connectivity index (χ1n) is 7.05. The largest absolute Gasteiger partial charge is 0.497 e. The Kier molecular flexibility index (Phi) is 5.03. The third-order valence-electron chi connectivity index (χ3n) is 3.69. The Morgan fingerprint density at radius 3 is 3.00 bits per heavy atom. The van der Waals surface area contributed by atoms with E-state index in [0.29, 0.717) is 19.6 Å². The van der Waals surface area contributed by atoms with Gasteiger partial charge in [0.1, 0.15) is 5.75 Å². The molecule has 0 spiro atoms. The van der Waals surface area contributed by atoms with Crippen LogP contribution in [0.2, 0.25) is 0 Å². The fourth-order valence-electron chi connectivity index (χ4n) is 2.47. The summed E-state index contributed by atoms with van der Waals surface area (Å²) in [5.41, 5.74) is 6.28. The summed E-state index contributed by atoms with van der Waals surface area (Å²) in [6, 6.07) is 7.37. The zero-order chi connectivity index (χ0) is 15.2. The number of benzene rings is 1. The van der Waals surface area contributed by atoms with Crippen LogP contribution in [0.3, 0.4) is 0 Å². The highest BCUT2D eigenvalue weighted by Crippen LogP contribution is 2.16. The Hall–Kier alpha value is -2.24. The SMILES string of the molecule is COc1cccc(CNC(=O)N2CCCC(C(N)=O)C2)c1. The fraction of sp³-hybridized carbons (Fsp3) is 0.467. The second-order valence-corrected chi connectivity index (χ2v) is 5.20. The van der Waals surface area contributed by atoms with Crippen LogP contribution in [-0.4, -0.2) is 37.0 Å². The van der Waals surface area contributed by atoms with Gasteiger partial charge in [-0.3, -0.25) is 4.79 Å². The van der Waals surface area contributed by atoms with Crippen molar-refractivity contribution in [1.29, 1.82) is 0 Å². The van der Waals surface area contributed by atoms with Crippen LogP contribution < -0.4 is 15.8 Å². The summed E-state index contributed by atoms with van der Waals surface area (Å²) in [7, 11) is 1.61. The first kappa shape index (κ1) is 15.2. The number of primary amides is 1. The molecule has 1 atom stereocenters. The molecule has 6 heteroatoms. The van der Waals surface area contributed by atoms with Crippen molar-refractivity contribution in [1.82, 2.24) is 10.2 Å². The summed E-state index contributed by atoms with van der Waals surface area (Å²) in [5, 5.41) is 2.86. The first-order chi connectivity index (χ1) is 10.1. The molecule has 0 aliphatic carbocycles. The minimum Gasteiger partial charge on any atom is -0.497 e. The molecule has 1 fully saturated rings. The van der Waals surface area contributed by atoms with Crippen LogP contribution in [-0.2, 0) is 11.3 Å². The van der Waals surface area contributed by atoms with Gasteiger partial charge in [0.2, 0.25) is 5.91 Å². The van der Waals surface area contributed by atoms with Gasteiger partial charge >= 0.3 is 6.03 Å².